The van der Waals surface area contributed by atoms with Gasteiger partial charge in [-0.2, -0.15) is 5.10 Å². The molecule has 6 heteroatoms. The number of aromatic nitrogens is 1. The zero-order valence-corrected chi connectivity index (χ0v) is 11.9. The van der Waals surface area contributed by atoms with Crippen molar-refractivity contribution in [3.63, 3.8) is 0 Å². The quantitative estimate of drug-likeness (QED) is 0.522. The van der Waals surface area contributed by atoms with E-state index >= 15 is 0 Å². The Labute approximate surface area is 122 Å². The summed E-state index contributed by atoms with van der Waals surface area (Å²) in [4.78, 5) is 4.06. The lowest BCUT2D eigenvalue weighted by Gasteiger charge is -2.07. The minimum Gasteiger partial charge on any atom is -0.493 e. The number of methoxy groups -OCH3 is 2. The van der Waals surface area contributed by atoms with Crippen LogP contribution in [0.2, 0.25) is 5.15 Å². The van der Waals surface area contributed by atoms with Gasteiger partial charge in [-0.1, -0.05) is 17.7 Å². The average molecular weight is 292 g/mol. The van der Waals surface area contributed by atoms with E-state index < -0.39 is 0 Å². The lowest BCUT2D eigenvalue weighted by Crippen LogP contribution is -1.95. The number of nitrogens with zero attached hydrogens (tertiary/aromatic N) is 2. The van der Waals surface area contributed by atoms with Crippen molar-refractivity contribution in [3.05, 3.63) is 47.1 Å². The maximum absolute atomic E-state index is 5.78. The normalized spacial score (nSPS) is 10.6. The van der Waals surface area contributed by atoms with Crippen molar-refractivity contribution in [2.75, 3.05) is 19.6 Å². The van der Waals surface area contributed by atoms with E-state index in [1.165, 1.54) is 0 Å². The maximum atomic E-state index is 5.78. The van der Waals surface area contributed by atoms with Gasteiger partial charge in [-0.25, -0.2) is 4.98 Å². The lowest BCUT2D eigenvalue weighted by atomic mass is 10.2. The molecule has 0 unspecified atom stereocenters. The second-order valence-corrected chi connectivity index (χ2v) is 4.22. The van der Waals surface area contributed by atoms with Crippen molar-refractivity contribution in [2.45, 2.75) is 0 Å². The molecule has 1 aromatic carbocycles. The molecule has 1 N–H and O–H groups in total. The van der Waals surface area contributed by atoms with E-state index in [0.29, 0.717) is 22.5 Å². The number of benzene rings is 1. The van der Waals surface area contributed by atoms with Gasteiger partial charge in [0.25, 0.3) is 0 Å². The molecule has 2 aromatic rings. The summed E-state index contributed by atoms with van der Waals surface area (Å²) < 4.78 is 10.4. The van der Waals surface area contributed by atoms with E-state index in [9.17, 15) is 0 Å². The summed E-state index contributed by atoms with van der Waals surface area (Å²) in [6.45, 7) is 0. The third-order valence-electron chi connectivity index (χ3n) is 2.52. The third-order valence-corrected chi connectivity index (χ3v) is 2.73. The number of ether oxygens (including phenoxy) is 2. The molecule has 2 rings (SSSR count). The molecule has 0 aliphatic heterocycles. The zero-order valence-electron chi connectivity index (χ0n) is 11.1. The molecule has 0 amide bonds. The molecule has 0 bridgehead atoms. The van der Waals surface area contributed by atoms with Crippen molar-refractivity contribution >= 4 is 23.6 Å². The molecule has 1 aromatic heterocycles. The summed E-state index contributed by atoms with van der Waals surface area (Å²) in [5.74, 6) is 1.90. The van der Waals surface area contributed by atoms with E-state index in [2.05, 4.69) is 15.5 Å². The fraction of sp³-hybridized carbons (Fsp3) is 0.143. The number of pyridine rings is 1. The van der Waals surface area contributed by atoms with Crippen LogP contribution in [-0.2, 0) is 0 Å². The Morgan fingerprint density at radius 2 is 1.95 bits per heavy atom. The molecule has 5 nitrogen and oxygen atoms in total. The molecule has 1 heterocycles. The summed E-state index contributed by atoms with van der Waals surface area (Å²) in [6.07, 6.45) is 1.66. The van der Waals surface area contributed by atoms with E-state index in [1.807, 2.05) is 18.2 Å². The summed E-state index contributed by atoms with van der Waals surface area (Å²) in [5, 5.41) is 4.50. The van der Waals surface area contributed by atoms with Crippen molar-refractivity contribution < 1.29 is 9.47 Å². The van der Waals surface area contributed by atoms with Gasteiger partial charge in [0, 0.05) is 0 Å². The van der Waals surface area contributed by atoms with Crippen molar-refractivity contribution in [1.29, 1.82) is 0 Å². The minimum atomic E-state index is 0.413. The van der Waals surface area contributed by atoms with Gasteiger partial charge in [0.2, 0.25) is 0 Å². The first-order valence-electron chi connectivity index (χ1n) is 5.86. The SMILES string of the molecule is COc1ccc(/C=N/Nc2cccc(Cl)n2)cc1OC. The van der Waals surface area contributed by atoms with E-state index in [0.717, 1.165) is 5.56 Å². The number of rotatable bonds is 5. The van der Waals surface area contributed by atoms with Crippen molar-refractivity contribution in [2.24, 2.45) is 5.10 Å². The summed E-state index contributed by atoms with van der Waals surface area (Å²) >= 11 is 5.78. The van der Waals surface area contributed by atoms with Gasteiger partial charge in [0.1, 0.15) is 11.0 Å². The molecule has 0 saturated heterocycles. The van der Waals surface area contributed by atoms with Crippen molar-refractivity contribution in [1.82, 2.24) is 4.98 Å². The molecular weight excluding hydrogens is 278 g/mol. The predicted octanol–water partition coefficient (Wildman–Crippen LogP) is 3.20. The van der Waals surface area contributed by atoms with Crippen molar-refractivity contribution in [3.8, 4) is 11.5 Å². The standard InChI is InChI=1S/C14H14ClN3O2/c1-19-11-7-6-10(8-12(11)20-2)9-16-18-14-5-3-4-13(15)17-14/h3-9H,1-2H3,(H,17,18)/b16-9+. The van der Waals surface area contributed by atoms with Gasteiger partial charge in [0.15, 0.2) is 11.5 Å². The number of hydrogen-bond donors (Lipinski definition) is 1. The minimum absolute atomic E-state index is 0.413. The molecule has 0 aliphatic carbocycles. The monoisotopic (exact) mass is 291 g/mol. The van der Waals surface area contributed by atoms with Crippen LogP contribution in [0.5, 0.6) is 11.5 Å². The number of anilines is 1. The molecule has 0 aliphatic rings. The first-order chi connectivity index (χ1) is 9.72. The molecule has 0 spiro atoms. The molecular formula is C14H14ClN3O2. The number of hydrogen-bond acceptors (Lipinski definition) is 5. The van der Waals surface area contributed by atoms with Crippen LogP contribution >= 0.6 is 11.6 Å². The Morgan fingerprint density at radius 1 is 1.15 bits per heavy atom. The molecule has 0 radical (unpaired) electrons. The Balaban J connectivity index is 2.08. The highest BCUT2D eigenvalue weighted by molar-refractivity contribution is 6.29. The summed E-state index contributed by atoms with van der Waals surface area (Å²) in [6, 6.07) is 10.8. The highest BCUT2D eigenvalue weighted by Gasteiger charge is 2.02. The van der Waals surface area contributed by atoms with Crippen LogP contribution < -0.4 is 14.9 Å². The van der Waals surface area contributed by atoms with Gasteiger partial charge >= 0.3 is 0 Å². The molecule has 0 fully saturated rings. The van der Waals surface area contributed by atoms with Crippen LogP contribution in [-0.4, -0.2) is 25.4 Å². The molecule has 104 valence electrons. The first kappa shape index (κ1) is 14.1. The van der Waals surface area contributed by atoms with Gasteiger partial charge in [0.05, 0.1) is 20.4 Å². The fourth-order valence-electron chi connectivity index (χ4n) is 1.58. The Bertz CT molecular complexity index is 617. The zero-order chi connectivity index (χ0) is 14.4. The van der Waals surface area contributed by atoms with Crippen LogP contribution in [0, 0.1) is 0 Å². The Morgan fingerprint density at radius 3 is 2.65 bits per heavy atom. The van der Waals surface area contributed by atoms with Gasteiger partial charge in [-0.3, -0.25) is 5.43 Å². The molecule has 0 atom stereocenters. The number of halogens is 1. The van der Waals surface area contributed by atoms with Crippen LogP contribution in [0.25, 0.3) is 0 Å². The van der Waals surface area contributed by atoms with Gasteiger partial charge < -0.3 is 9.47 Å². The first-order valence-corrected chi connectivity index (χ1v) is 6.24. The largest absolute Gasteiger partial charge is 0.493 e. The number of nitrogens with one attached hydrogen (secondary N) is 1. The summed E-state index contributed by atoms with van der Waals surface area (Å²) in [5.41, 5.74) is 3.67. The smallest absolute Gasteiger partial charge is 0.161 e. The summed E-state index contributed by atoms with van der Waals surface area (Å²) in [7, 11) is 3.19. The molecule has 0 saturated carbocycles. The fourth-order valence-corrected chi connectivity index (χ4v) is 1.74. The second-order valence-electron chi connectivity index (χ2n) is 3.83. The van der Waals surface area contributed by atoms with Crippen LogP contribution in [0.4, 0.5) is 5.82 Å². The van der Waals surface area contributed by atoms with Crippen LogP contribution in [0.3, 0.4) is 0 Å². The van der Waals surface area contributed by atoms with Gasteiger partial charge in [-0.05, 0) is 35.9 Å². The molecule has 20 heavy (non-hydrogen) atoms. The Hall–Kier alpha value is -2.27. The Kier molecular flexibility index (Phi) is 4.79. The predicted molar refractivity (Wildman–Crippen MR) is 80.0 cm³/mol. The van der Waals surface area contributed by atoms with Crippen LogP contribution in [0.15, 0.2) is 41.5 Å². The maximum Gasteiger partial charge on any atom is 0.161 e. The van der Waals surface area contributed by atoms with Crippen LogP contribution in [0.1, 0.15) is 5.56 Å². The van der Waals surface area contributed by atoms with E-state index in [1.54, 1.807) is 38.6 Å². The topological polar surface area (TPSA) is 55.7 Å². The number of hydrazone groups is 1. The van der Waals surface area contributed by atoms with Gasteiger partial charge in [-0.15, -0.1) is 0 Å². The highest BCUT2D eigenvalue weighted by atomic mass is 35.5. The van der Waals surface area contributed by atoms with E-state index in [4.69, 9.17) is 21.1 Å². The average Bonchev–Trinajstić information content (AvgIpc) is 2.47. The lowest BCUT2D eigenvalue weighted by molar-refractivity contribution is 0.355. The highest BCUT2D eigenvalue weighted by Crippen LogP contribution is 2.26. The third kappa shape index (κ3) is 3.61. The second kappa shape index (κ2) is 6.77. The van der Waals surface area contributed by atoms with E-state index in [-0.39, 0.29) is 0 Å².